The zero-order valence-corrected chi connectivity index (χ0v) is 17.2. The Morgan fingerprint density at radius 3 is 2.46 bits per heavy atom. The number of pyridine rings is 1. The second kappa shape index (κ2) is 9.50. The van der Waals surface area contributed by atoms with E-state index in [0.717, 1.165) is 28.7 Å². The zero-order chi connectivity index (χ0) is 19.9. The van der Waals surface area contributed by atoms with E-state index < -0.39 is 0 Å². The third-order valence-electron chi connectivity index (χ3n) is 4.45. The van der Waals surface area contributed by atoms with Gasteiger partial charge in [-0.1, -0.05) is 55.9 Å². The van der Waals surface area contributed by atoms with Gasteiger partial charge in [0.1, 0.15) is 0 Å². The van der Waals surface area contributed by atoms with E-state index in [4.69, 9.17) is 0 Å². The number of carbonyl (C=O) groups is 1. The number of hydrogen-bond acceptors (Lipinski definition) is 5. The monoisotopic (exact) mass is 395 g/mol. The Hall–Kier alpha value is -2.67. The highest BCUT2D eigenvalue weighted by molar-refractivity contribution is 7.99. The summed E-state index contributed by atoms with van der Waals surface area (Å²) in [5.74, 6) is 1.37. The highest BCUT2D eigenvalue weighted by Gasteiger charge is 2.19. The van der Waals surface area contributed by atoms with Crippen molar-refractivity contribution < 1.29 is 4.79 Å². The lowest BCUT2D eigenvalue weighted by Gasteiger charge is -2.22. The Balaban J connectivity index is 1.67. The van der Waals surface area contributed by atoms with Gasteiger partial charge in [-0.3, -0.25) is 9.78 Å². The second-order valence-corrected chi connectivity index (χ2v) is 7.72. The normalized spacial score (nSPS) is 12.1. The number of thioether (sulfide) groups is 1. The van der Waals surface area contributed by atoms with Crippen molar-refractivity contribution in [3.63, 3.8) is 0 Å². The molecule has 0 spiro atoms. The molecule has 0 aliphatic carbocycles. The van der Waals surface area contributed by atoms with Gasteiger partial charge in [0.05, 0.1) is 11.8 Å². The lowest BCUT2D eigenvalue weighted by Crippen LogP contribution is -2.33. The summed E-state index contributed by atoms with van der Waals surface area (Å²) in [6.45, 7) is 7.00. The van der Waals surface area contributed by atoms with Crippen molar-refractivity contribution in [2.24, 2.45) is 5.92 Å². The molecule has 0 fully saturated rings. The van der Waals surface area contributed by atoms with Crippen LogP contribution in [-0.4, -0.2) is 31.4 Å². The van der Waals surface area contributed by atoms with Crippen molar-refractivity contribution in [2.45, 2.75) is 38.5 Å². The summed E-state index contributed by atoms with van der Waals surface area (Å²) in [6, 6.07) is 13.9. The van der Waals surface area contributed by atoms with Crippen LogP contribution in [0.2, 0.25) is 0 Å². The van der Waals surface area contributed by atoms with Crippen molar-refractivity contribution >= 4 is 17.7 Å². The third kappa shape index (κ3) is 4.78. The molecule has 1 N–H and O–H groups in total. The van der Waals surface area contributed by atoms with Crippen LogP contribution in [0.1, 0.15) is 32.4 Å². The predicted molar refractivity (Wildman–Crippen MR) is 112 cm³/mol. The van der Waals surface area contributed by atoms with E-state index >= 15 is 0 Å². The largest absolute Gasteiger partial charge is 0.348 e. The molecule has 7 heteroatoms. The summed E-state index contributed by atoms with van der Waals surface area (Å²) in [6.07, 6.45) is 3.47. The Morgan fingerprint density at radius 2 is 1.82 bits per heavy atom. The van der Waals surface area contributed by atoms with Crippen LogP contribution in [0.25, 0.3) is 11.4 Å². The van der Waals surface area contributed by atoms with E-state index in [9.17, 15) is 4.79 Å². The fraction of sp³-hybridized carbons (Fsp3) is 0.333. The Bertz CT molecular complexity index is 896. The summed E-state index contributed by atoms with van der Waals surface area (Å²) in [7, 11) is 0. The van der Waals surface area contributed by atoms with Crippen molar-refractivity contribution in [2.75, 3.05) is 5.75 Å². The number of benzene rings is 1. The van der Waals surface area contributed by atoms with Gasteiger partial charge in [0.25, 0.3) is 0 Å². The molecule has 1 unspecified atom stereocenters. The van der Waals surface area contributed by atoms with Crippen molar-refractivity contribution in [3.8, 4) is 11.4 Å². The van der Waals surface area contributed by atoms with Gasteiger partial charge in [-0.2, -0.15) is 0 Å². The number of rotatable bonds is 8. The SMILES string of the molecule is CCn1c(SCC(=O)NC(c2ccccc2)C(C)C)nnc1-c1ccncc1. The number of nitrogens with one attached hydrogen (secondary N) is 1. The Labute approximate surface area is 169 Å². The van der Waals surface area contributed by atoms with Crippen LogP contribution in [0.3, 0.4) is 0 Å². The molecule has 28 heavy (non-hydrogen) atoms. The molecule has 3 aromatic rings. The molecule has 0 aliphatic rings. The average molecular weight is 396 g/mol. The first-order valence-corrected chi connectivity index (χ1v) is 10.4. The van der Waals surface area contributed by atoms with Crippen molar-refractivity contribution in [1.82, 2.24) is 25.1 Å². The van der Waals surface area contributed by atoms with Gasteiger partial charge in [0.15, 0.2) is 11.0 Å². The summed E-state index contributed by atoms with van der Waals surface area (Å²) >= 11 is 1.41. The highest BCUT2D eigenvalue weighted by atomic mass is 32.2. The van der Waals surface area contributed by atoms with Gasteiger partial charge in [-0.25, -0.2) is 0 Å². The van der Waals surface area contributed by atoms with Crippen LogP contribution in [0, 0.1) is 5.92 Å². The van der Waals surface area contributed by atoms with E-state index in [1.807, 2.05) is 54.0 Å². The molecular formula is C21H25N5OS. The zero-order valence-electron chi connectivity index (χ0n) is 16.4. The van der Waals surface area contributed by atoms with Crippen LogP contribution < -0.4 is 5.32 Å². The molecule has 2 aromatic heterocycles. The first-order chi connectivity index (χ1) is 13.6. The number of amides is 1. The maximum absolute atomic E-state index is 12.6. The molecule has 1 amide bonds. The molecule has 0 aliphatic heterocycles. The minimum atomic E-state index is -0.0105. The maximum Gasteiger partial charge on any atom is 0.230 e. The van der Waals surface area contributed by atoms with Crippen LogP contribution >= 0.6 is 11.8 Å². The van der Waals surface area contributed by atoms with E-state index in [-0.39, 0.29) is 11.9 Å². The van der Waals surface area contributed by atoms with E-state index in [1.54, 1.807) is 12.4 Å². The van der Waals surface area contributed by atoms with Gasteiger partial charge in [-0.05, 0) is 30.5 Å². The topological polar surface area (TPSA) is 72.7 Å². The molecule has 0 saturated heterocycles. The summed E-state index contributed by atoms with van der Waals surface area (Å²) < 4.78 is 2.02. The van der Waals surface area contributed by atoms with Crippen LogP contribution in [-0.2, 0) is 11.3 Å². The number of aromatic nitrogens is 4. The first-order valence-electron chi connectivity index (χ1n) is 9.40. The predicted octanol–water partition coefficient (Wildman–Crippen LogP) is 3.97. The number of hydrogen-bond donors (Lipinski definition) is 1. The number of carbonyl (C=O) groups excluding carboxylic acids is 1. The molecule has 146 valence electrons. The smallest absolute Gasteiger partial charge is 0.230 e. The van der Waals surface area contributed by atoms with Gasteiger partial charge in [0, 0.05) is 24.5 Å². The molecule has 1 aromatic carbocycles. The fourth-order valence-electron chi connectivity index (χ4n) is 3.04. The summed E-state index contributed by atoms with van der Waals surface area (Å²) in [4.78, 5) is 16.6. The molecule has 1 atom stereocenters. The molecule has 0 bridgehead atoms. The van der Waals surface area contributed by atoms with Gasteiger partial charge in [0.2, 0.25) is 5.91 Å². The standard InChI is InChI=1S/C21H25N5OS/c1-4-26-20(17-10-12-22-13-11-17)24-25-21(26)28-14-18(27)23-19(15(2)3)16-8-6-5-7-9-16/h5-13,15,19H,4,14H2,1-3H3,(H,23,27). The highest BCUT2D eigenvalue weighted by Crippen LogP contribution is 2.25. The van der Waals surface area contributed by atoms with Crippen LogP contribution in [0.4, 0.5) is 0 Å². The Kier molecular flexibility index (Phi) is 6.81. The lowest BCUT2D eigenvalue weighted by molar-refractivity contribution is -0.119. The van der Waals surface area contributed by atoms with Crippen LogP contribution in [0.15, 0.2) is 60.0 Å². The van der Waals surface area contributed by atoms with Crippen LogP contribution in [0.5, 0.6) is 0 Å². The maximum atomic E-state index is 12.6. The lowest BCUT2D eigenvalue weighted by atomic mass is 9.96. The quantitative estimate of drug-likeness (QED) is 0.584. The molecule has 6 nitrogen and oxygen atoms in total. The van der Waals surface area contributed by atoms with E-state index in [0.29, 0.717) is 11.7 Å². The molecule has 0 saturated carbocycles. The number of nitrogens with zero attached hydrogens (tertiary/aromatic N) is 4. The molecule has 3 rings (SSSR count). The molecule has 0 radical (unpaired) electrons. The van der Waals surface area contributed by atoms with Gasteiger partial charge >= 0.3 is 0 Å². The van der Waals surface area contributed by atoms with E-state index in [1.165, 1.54) is 11.8 Å². The molecular weight excluding hydrogens is 370 g/mol. The van der Waals surface area contributed by atoms with Gasteiger partial charge in [-0.15, -0.1) is 10.2 Å². The second-order valence-electron chi connectivity index (χ2n) is 6.77. The van der Waals surface area contributed by atoms with Crippen molar-refractivity contribution in [1.29, 1.82) is 0 Å². The fourth-order valence-corrected chi connectivity index (χ4v) is 3.85. The summed E-state index contributed by atoms with van der Waals surface area (Å²) in [5.41, 5.74) is 2.08. The average Bonchev–Trinajstić information content (AvgIpc) is 3.14. The van der Waals surface area contributed by atoms with Gasteiger partial charge < -0.3 is 9.88 Å². The Morgan fingerprint density at radius 1 is 1.11 bits per heavy atom. The summed E-state index contributed by atoms with van der Waals surface area (Å²) in [5, 5.41) is 12.5. The molecule has 2 heterocycles. The minimum absolute atomic E-state index is 0.00859. The minimum Gasteiger partial charge on any atom is -0.348 e. The third-order valence-corrected chi connectivity index (χ3v) is 5.41. The van der Waals surface area contributed by atoms with E-state index in [2.05, 4.69) is 34.3 Å². The first kappa shape index (κ1) is 20.1. The van der Waals surface area contributed by atoms with Crippen molar-refractivity contribution in [3.05, 3.63) is 60.4 Å².